The highest BCUT2D eigenvalue weighted by atomic mass is 32.2. The molecule has 0 unspecified atom stereocenters. The Morgan fingerprint density at radius 2 is 1.76 bits per heavy atom. The number of nitrogens with one attached hydrogen (secondary N) is 1. The summed E-state index contributed by atoms with van der Waals surface area (Å²) in [4.78, 5) is 18.6. The molecule has 0 saturated carbocycles. The molecule has 8 heteroatoms. The molecule has 0 atom stereocenters. The Morgan fingerprint density at radius 3 is 2.33 bits per heavy atom. The Bertz CT molecular complexity index is 789. The number of aryl methyl sites for hydroxylation is 2. The van der Waals surface area contributed by atoms with Gasteiger partial charge in [-0.1, -0.05) is 6.07 Å². The molecule has 0 saturated heterocycles. The zero-order chi connectivity index (χ0) is 15.6. The van der Waals surface area contributed by atoms with Gasteiger partial charge in [-0.3, -0.25) is 0 Å². The van der Waals surface area contributed by atoms with Crippen LogP contribution in [-0.2, 0) is 10.0 Å². The smallest absolute Gasteiger partial charge is 0.335 e. The van der Waals surface area contributed by atoms with Crippen molar-refractivity contribution in [2.24, 2.45) is 0 Å². The summed E-state index contributed by atoms with van der Waals surface area (Å²) in [5.41, 5.74) is 0.880. The quantitative estimate of drug-likeness (QED) is 0.887. The molecule has 0 aliphatic carbocycles. The van der Waals surface area contributed by atoms with Gasteiger partial charge in [0.25, 0.3) is 10.0 Å². The Hall–Kier alpha value is -2.48. The van der Waals surface area contributed by atoms with E-state index in [0.717, 1.165) is 6.07 Å². The predicted molar refractivity (Wildman–Crippen MR) is 75.7 cm³/mol. The Morgan fingerprint density at radius 1 is 1.14 bits per heavy atom. The zero-order valence-electron chi connectivity index (χ0n) is 11.4. The number of carboxylic acid groups (broad SMARTS) is 1. The summed E-state index contributed by atoms with van der Waals surface area (Å²) in [6.45, 7) is 3.21. The second-order valence-electron chi connectivity index (χ2n) is 4.42. The molecule has 2 aromatic rings. The number of hydrogen-bond donors (Lipinski definition) is 2. The van der Waals surface area contributed by atoms with Crippen molar-refractivity contribution in [2.45, 2.75) is 18.7 Å². The molecule has 0 fully saturated rings. The fraction of sp³-hybridized carbons (Fsp3) is 0.154. The SMILES string of the molecule is Cc1cc(C)c(S(=O)(=O)Nc2ncccn2)cc1C(=O)O. The van der Waals surface area contributed by atoms with Gasteiger partial charge >= 0.3 is 5.97 Å². The fourth-order valence-corrected chi connectivity index (χ4v) is 3.09. The number of benzene rings is 1. The van der Waals surface area contributed by atoms with Crippen LogP contribution in [0.15, 0.2) is 35.5 Å². The summed E-state index contributed by atoms with van der Waals surface area (Å²) in [6, 6.07) is 4.21. The van der Waals surface area contributed by atoms with Crippen LogP contribution in [0.2, 0.25) is 0 Å². The summed E-state index contributed by atoms with van der Waals surface area (Å²) in [6.07, 6.45) is 2.80. The molecule has 110 valence electrons. The average molecular weight is 307 g/mol. The fourth-order valence-electron chi connectivity index (χ4n) is 1.88. The van der Waals surface area contributed by atoms with E-state index in [1.165, 1.54) is 18.5 Å². The van der Waals surface area contributed by atoms with Crippen molar-refractivity contribution in [2.75, 3.05) is 4.72 Å². The molecule has 0 radical (unpaired) electrons. The minimum atomic E-state index is -3.96. The minimum Gasteiger partial charge on any atom is -0.478 e. The van der Waals surface area contributed by atoms with Crippen molar-refractivity contribution in [3.63, 3.8) is 0 Å². The van der Waals surface area contributed by atoms with Crippen LogP contribution in [0.1, 0.15) is 21.5 Å². The van der Waals surface area contributed by atoms with Crippen molar-refractivity contribution in [1.82, 2.24) is 9.97 Å². The van der Waals surface area contributed by atoms with Crippen LogP contribution in [-0.4, -0.2) is 29.5 Å². The molecule has 1 heterocycles. The number of rotatable bonds is 4. The molecule has 0 aliphatic heterocycles. The summed E-state index contributed by atoms with van der Waals surface area (Å²) in [5, 5.41) is 9.10. The van der Waals surface area contributed by atoms with Gasteiger partial charge in [-0.2, -0.15) is 0 Å². The highest BCUT2D eigenvalue weighted by Crippen LogP contribution is 2.22. The summed E-state index contributed by atoms with van der Waals surface area (Å²) in [5.74, 6) is -1.26. The summed E-state index contributed by atoms with van der Waals surface area (Å²) in [7, 11) is -3.96. The largest absolute Gasteiger partial charge is 0.478 e. The van der Waals surface area contributed by atoms with Gasteiger partial charge in [0.15, 0.2) is 0 Å². The van der Waals surface area contributed by atoms with Gasteiger partial charge in [0, 0.05) is 12.4 Å². The van der Waals surface area contributed by atoms with Gasteiger partial charge in [0.1, 0.15) is 0 Å². The Labute approximate surface area is 121 Å². The molecule has 0 bridgehead atoms. The van der Waals surface area contributed by atoms with Crippen molar-refractivity contribution in [1.29, 1.82) is 0 Å². The Kier molecular flexibility index (Phi) is 3.90. The Balaban J connectivity index is 2.50. The third-order valence-corrected chi connectivity index (χ3v) is 4.30. The maximum Gasteiger partial charge on any atom is 0.335 e. The topological polar surface area (TPSA) is 109 Å². The maximum absolute atomic E-state index is 12.3. The van der Waals surface area contributed by atoms with Crippen LogP contribution in [0.4, 0.5) is 5.95 Å². The number of carboxylic acids is 1. The maximum atomic E-state index is 12.3. The molecule has 1 aromatic heterocycles. The normalized spacial score (nSPS) is 11.1. The van der Waals surface area contributed by atoms with E-state index >= 15 is 0 Å². The first-order valence-corrected chi connectivity index (χ1v) is 7.44. The van der Waals surface area contributed by atoms with Gasteiger partial charge in [-0.05, 0) is 37.1 Å². The molecular formula is C13H13N3O4S. The number of anilines is 1. The van der Waals surface area contributed by atoms with Crippen molar-refractivity contribution in [3.8, 4) is 0 Å². The van der Waals surface area contributed by atoms with Crippen LogP contribution >= 0.6 is 0 Å². The standard InChI is InChI=1S/C13H13N3O4S/c1-8-6-9(2)11(7-10(8)12(17)18)21(19,20)16-13-14-4-3-5-15-13/h3-7H,1-2H3,(H,17,18)(H,14,15,16). The van der Waals surface area contributed by atoms with Gasteiger partial charge in [0.05, 0.1) is 10.5 Å². The van der Waals surface area contributed by atoms with Crippen LogP contribution in [0.3, 0.4) is 0 Å². The molecule has 0 spiro atoms. The van der Waals surface area contributed by atoms with Gasteiger partial charge in [-0.15, -0.1) is 0 Å². The molecule has 0 aliphatic rings. The van der Waals surface area contributed by atoms with Crippen molar-refractivity contribution in [3.05, 3.63) is 47.3 Å². The second kappa shape index (κ2) is 5.49. The number of carbonyl (C=O) groups is 1. The van der Waals surface area contributed by atoms with E-state index < -0.39 is 16.0 Å². The number of aromatic carboxylic acids is 1. The van der Waals surface area contributed by atoms with Gasteiger partial charge < -0.3 is 5.11 Å². The predicted octanol–water partition coefficient (Wildman–Crippen LogP) is 1.59. The van der Waals surface area contributed by atoms with Crippen molar-refractivity contribution < 1.29 is 18.3 Å². The lowest BCUT2D eigenvalue weighted by Gasteiger charge is -2.11. The van der Waals surface area contributed by atoms with Gasteiger partial charge in [0.2, 0.25) is 5.95 Å². The zero-order valence-corrected chi connectivity index (χ0v) is 12.2. The molecule has 2 rings (SSSR count). The molecule has 21 heavy (non-hydrogen) atoms. The first-order valence-electron chi connectivity index (χ1n) is 5.95. The van der Waals surface area contributed by atoms with E-state index in [2.05, 4.69) is 14.7 Å². The monoisotopic (exact) mass is 307 g/mol. The lowest BCUT2D eigenvalue weighted by atomic mass is 10.1. The third-order valence-electron chi connectivity index (χ3n) is 2.83. The number of aromatic nitrogens is 2. The first kappa shape index (κ1) is 14.9. The molecule has 2 N–H and O–H groups in total. The number of sulfonamides is 1. The highest BCUT2D eigenvalue weighted by molar-refractivity contribution is 7.92. The lowest BCUT2D eigenvalue weighted by molar-refractivity contribution is 0.0696. The van der Waals surface area contributed by atoms with E-state index in [4.69, 9.17) is 5.11 Å². The molecule has 7 nitrogen and oxygen atoms in total. The summed E-state index contributed by atoms with van der Waals surface area (Å²) < 4.78 is 26.9. The third kappa shape index (κ3) is 3.16. The number of nitrogens with zero attached hydrogens (tertiary/aromatic N) is 2. The summed E-state index contributed by atoms with van der Waals surface area (Å²) >= 11 is 0. The average Bonchev–Trinajstić information content (AvgIpc) is 2.38. The van der Waals surface area contributed by atoms with E-state index in [1.54, 1.807) is 19.9 Å². The number of hydrogen-bond acceptors (Lipinski definition) is 5. The second-order valence-corrected chi connectivity index (χ2v) is 6.07. The van der Waals surface area contributed by atoms with Crippen molar-refractivity contribution >= 4 is 21.9 Å². The molecular weight excluding hydrogens is 294 g/mol. The minimum absolute atomic E-state index is 0.0602. The van der Waals surface area contributed by atoms with Crippen LogP contribution in [0.5, 0.6) is 0 Å². The highest BCUT2D eigenvalue weighted by Gasteiger charge is 2.21. The van der Waals surface area contributed by atoms with Crippen LogP contribution < -0.4 is 4.72 Å². The van der Waals surface area contributed by atoms with E-state index in [1.807, 2.05) is 0 Å². The van der Waals surface area contributed by atoms with Crippen LogP contribution in [0, 0.1) is 13.8 Å². The van der Waals surface area contributed by atoms with Crippen LogP contribution in [0.25, 0.3) is 0 Å². The molecule has 0 amide bonds. The van der Waals surface area contributed by atoms with E-state index in [9.17, 15) is 13.2 Å². The van der Waals surface area contributed by atoms with E-state index in [-0.39, 0.29) is 16.4 Å². The van der Waals surface area contributed by atoms with Gasteiger partial charge in [-0.25, -0.2) is 27.9 Å². The lowest BCUT2D eigenvalue weighted by Crippen LogP contribution is -2.17. The van der Waals surface area contributed by atoms with E-state index in [0.29, 0.717) is 11.1 Å². The molecule has 1 aromatic carbocycles. The first-order chi connectivity index (χ1) is 9.81.